The first-order chi connectivity index (χ1) is 9.95. The average Bonchev–Trinajstić information content (AvgIpc) is 2.46. The Kier molecular flexibility index (Phi) is 5.13. The zero-order valence-corrected chi connectivity index (χ0v) is 14.0. The Morgan fingerprint density at radius 3 is 2.48 bits per heavy atom. The van der Waals surface area contributed by atoms with Gasteiger partial charge in [0.2, 0.25) is 0 Å². The van der Waals surface area contributed by atoms with Crippen LogP contribution in [0.1, 0.15) is 58.9 Å². The van der Waals surface area contributed by atoms with E-state index in [0.717, 1.165) is 18.3 Å². The molecule has 1 aliphatic carbocycles. The molecule has 3 atom stereocenters. The minimum absolute atomic E-state index is 0.173. The van der Waals surface area contributed by atoms with Crippen LogP contribution in [0.2, 0.25) is 0 Å². The second-order valence-electron chi connectivity index (χ2n) is 7.26. The molecule has 116 valence electrons. The fourth-order valence-corrected chi connectivity index (χ4v) is 3.72. The lowest BCUT2D eigenvalue weighted by molar-refractivity contribution is 0.163. The van der Waals surface area contributed by atoms with E-state index in [1.165, 1.54) is 24.8 Å². The lowest BCUT2D eigenvalue weighted by atomic mass is 9.63. The van der Waals surface area contributed by atoms with Crippen LogP contribution in [-0.2, 0) is 5.41 Å². The molecule has 1 aromatic carbocycles. The minimum atomic E-state index is 0.173. The van der Waals surface area contributed by atoms with E-state index in [4.69, 9.17) is 0 Å². The number of benzene rings is 1. The number of rotatable bonds is 4. The molecule has 1 heteroatoms. The average molecular weight is 286 g/mol. The standard InChI is InChI=1S/C20H30O/c1-5-6-7-16-14-18(9-8-15(16)2)20(3,4)17-10-12-19(21)13-11-17/h6-7,10-13,15-16,18,21H,5,8-9,14H2,1-4H3/b7-6+. The van der Waals surface area contributed by atoms with Gasteiger partial charge in [-0.1, -0.05) is 52.0 Å². The molecule has 1 nitrogen and oxygen atoms in total. The van der Waals surface area contributed by atoms with E-state index in [9.17, 15) is 5.11 Å². The van der Waals surface area contributed by atoms with Crippen LogP contribution >= 0.6 is 0 Å². The van der Waals surface area contributed by atoms with Gasteiger partial charge in [0.25, 0.3) is 0 Å². The number of allylic oxidation sites excluding steroid dienone is 2. The maximum absolute atomic E-state index is 9.50. The molecular formula is C20H30O. The van der Waals surface area contributed by atoms with Crippen LogP contribution in [0.15, 0.2) is 36.4 Å². The van der Waals surface area contributed by atoms with E-state index >= 15 is 0 Å². The molecule has 1 fully saturated rings. The predicted molar refractivity (Wildman–Crippen MR) is 90.6 cm³/mol. The molecule has 1 aromatic rings. The van der Waals surface area contributed by atoms with Gasteiger partial charge < -0.3 is 5.11 Å². The Bertz CT molecular complexity index is 469. The van der Waals surface area contributed by atoms with Crippen molar-refractivity contribution < 1.29 is 5.11 Å². The Labute approximate surface area is 130 Å². The highest BCUT2D eigenvalue weighted by Gasteiger charge is 2.36. The first kappa shape index (κ1) is 16.1. The third kappa shape index (κ3) is 3.70. The summed E-state index contributed by atoms with van der Waals surface area (Å²) in [4.78, 5) is 0. The Morgan fingerprint density at radius 2 is 1.86 bits per heavy atom. The molecule has 1 N–H and O–H groups in total. The first-order valence-electron chi connectivity index (χ1n) is 8.41. The Morgan fingerprint density at radius 1 is 1.19 bits per heavy atom. The lowest BCUT2D eigenvalue weighted by Crippen LogP contribution is -2.35. The normalized spacial score (nSPS) is 27.1. The van der Waals surface area contributed by atoms with Gasteiger partial charge >= 0.3 is 0 Å². The van der Waals surface area contributed by atoms with Crippen LogP contribution in [0.5, 0.6) is 5.75 Å². The molecule has 2 rings (SSSR count). The third-order valence-corrected chi connectivity index (χ3v) is 5.51. The third-order valence-electron chi connectivity index (χ3n) is 5.51. The molecule has 0 radical (unpaired) electrons. The van der Waals surface area contributed by atoms with Crippen molar-refractivity contribution in [2.75, 3.05) is 0 Å². The topological polar surface area (TPSA) is 20.2 Å². The number of hydrogen-bond acceptors (Lipinski definition) is 1. The van der Waals surface area contributed by atoms with Crippen LogP contribution in [0, 0.1) is 17.8 Å². The zero-order valence-electron chi connectivity index (χ0n) is 14.0. The fourth-order valence-electron chi connectivity index (χ4n) is 3.72. The highest BCUT2D eigenvalue weighted by Crippen LogP contribution is 2.45. The van der Waals surface area contributed by atoms with Gasteiger partial charge in [-0.15, -0.1) is 0 Å². The van der Waals surface area contributed by atoms with E-state index in [1.54, 1.807) is 0 Å². The summed E-state index contributed by atoms with van der Waals surface area (Å²) in [5.41, 5.74) is 1.52. The molecule has 0 spiro atoms. The first-order valence-corrected chi connectivity index (χ1v) is 8.41. The van der Waals surface area contributed by atoms with Crippen molar-refractivity contribution in [2.24, 2.45) is 17.8 Å². The van der Waals surface area contributed by atoms with E-state index in [1.807, 2.05) is 12.1 Å². The summed E-state index contributed by atoms with van der Waals surface area (Å²) >= 11 is 0. The van der Waals surface area contributed by atoms with Gasteiger partial charge in [-0.25, -0.2) is 0 Å². The van der Waals surface area contributed by atoms with Gasteiger partial charge in [0, 0.05) is 0 Å². The number of phenolic OH excluding ortho intramolecular Hbond substituents is 1. The quantitative estimate of drug-likeness (QED) is 0.705. The van der Waals surface area contributed by atoms with Gasteiger partial charge in [0.15, 0.2) is 0 Å². The molecule has 3 unspecified atom stereocenters. The molecule has 0 aliphatic heterocycles. The van der Waals surface area contributed by atoms with Gasteiger partial charge in [0.05, 0.1) is 0 Å². The molecular weight excluding hydrogens is 256 g/mol. The highest BCUT2D eigenvalue weighted by atomic mass is 16.3. The van der Waals surface area contributed by atoms with Crippen LogP contribution in [-0.4, -0.2) is 5.11 Å². The second kappa shape index (κ2) is 6.68. The number of phenols is 1. The smallest absolute Gasteiger partial charge is 0.115 e. The van der Waals surface area contributed by atoms with Crippen LogP contribution in [0.25, 0.3) is 0 Å². The molecule has 21 heavy (non-hydrogen) atoms. The van der Waals surface area contributed by atoms with Crippen molar-refractivity contribution in [1.29, 1.82) is 0 Å². The SMILES string of the molecule is CC/C=C/C1CC(C(C)(C)c2ccc(O)cc2)CCC1C. The van der Waals surface area contributed by atoms with Gasteiger partial charge in [0.1, 0.15) is 5.75 Å². The molecule has 0 amide bonds. The molecule has 0 saturated heterocycles. The molecule has 0 heterocycles. The van der Waals surface area contributed by atoms with Crippen LogP contribution < -0.4 is 0 Å². The van der Waals surface area contributed by atoms with Gasteiger partial charge in [-0.05, 0) is 66.5 Å². The zero-order chi connectivity index (χ0) is 15.5. The van der Waals surface area contributed by atoms with E-state index in [2.05, 4.69) is 52.0 Å². The molecule has 1 saturated carbocycles. The lowest BCUT2D eigenvalue weighted by Gasteiger charge is -2.42. The van der Waals surface area contributed by atoms with E-state index in [0.29, 0.717) is 11.7 Å². The largest absolute Gasteiger partial charge is 0.508 e. The summed E-state index contributed by atoms with van der Waals surface area (Å²) in [6, 6.07) is 7.81. The molecule has 1 aliphatic rings. The van der Waals surface area contributed by atoms with Crippen molar-refractivity contribution >= 4 is 0 Å². The molecule has 0 aromatic heterocycles. The highest BCUT2D eigenvalue weighted by molar-refractivity contribution is 5.31. The maximum Gasteiger partial charge on any atom is 0.115 e. The van der Waals surface area contributed by atoms with E-state index < -0.39 is 0 Å². The summed E-state index contributed by atoms with van der Waals surface area (Å²) in [6.07, 6.45) is 9.83. The summed E-state index contributed by atoms with van der Waals surface area (Å²) < 4.78 is 0. The molecule has 0 bridgehead atoms. The maximum atomic E-state index is 9.50. The van der Waals surface area contributed by atoms with Crippen molar-refractivity contribution in [3.8, 4) is 5.75 Å². The van der Waals surface area contributed by atoms with Gasteiger partial charge in [-0.3, -0.25) is 0 Å². The van der Waals surface area contributed by atoms with Crippen molar-refractivity contribution in [1.82, 2.24) is 0 Å². The predicted octanol–water partition coefficient (Wildman–Crippen LogP) is 5.69. The van der Waals surface area contributed by atoms with Crippen molar-refractivity contribution in [2.45, 2.75) is 58.8 Å². The van der Waals surface area contributed by atoms with Gasteiger partial charge in [-0.2, -0.15) is 0 Å². The van der Waals surface area contributed by atoms with Crippen molar-refractivity contribution in [3.05, 3.63) is 42.0 Å². The summed E-state index contributed by atoms with van der Waals surface area (Å²) in [5, 5.41) is 9.50. The number of aromatic hydroxyl groups is 1. The van der Waals surface area contributed by atoms with E-state index in [-0.39, 0.29) is 5.41 Å². The minimum Gasteiger partial charge on any atom is -0.508 e. The number of hydrogen-bond donors (Lipinski definition) is 1. The summed E-state index contributed by atoms with van der Waals surface area (Å²) in [6.45, 7) is 9.33. The fraction of sp³-hybridized carbons (Fsp3) is 0.600. The Hall–Kier alpha value is -1.24. The van der Waals surface area contributed by atoms with Crippen LogP contribution in [0.4, 0.5) is 0 Å². The monoisotopic (exact) mass is 286 g/mol. The van der Waals surface area contributed by atoms with Crippen LogP contribution in [0.3, 0.4) is 0 Å². The second-order valence-corrected chi connectivity index (χ2v) is 7.26. The summed E-state index contributed by atoms with van der Waals surface area (Å²) in [7, 11) is 0. The Balaban J connectivity index is 2.16. The summed E-state index contributed by atoms with van der Waals surface area (Å²) in [5.74, 6) is 2.60. The van der Waals surface area contributed by atoms with Crippen molar-refractivity contribution in [3.63, 3.8) is 0 Å².